The van der Waals surface area contributed by atoms with Gasteiger partial charge in [0.05, 0.1) is 0 Å². The van der Waals surface area contributed by atoms with Crippen LogP contribution in [-0.4, -0.2) is 22.6 Å². The van der Waals surface area contributed by atoms with Gasteiger partial charge in [-0.1, -0.05) is 11.8 Å². The van der Waals surface area contributed by atoms with E-state index in [1.54, 1.807) is 18.3 Å². The smallest absolute Gasteiger partial charge is 0.228 e. The third-order valence-corrected chi connectivity index (χ3v) is 3.94. The molecule has 2 fully saturated rings. The molecule has 98 valence electrons. The molecular formula is C15H16N2O2. The van der Waals surface area contributed by atoms with Gasteiger partial charge in [0, 0.05) is 17.7 Å². The van der Waals surface area contributed by atoms with Crippen molar-refractivity contribution in [3.05, 3.63) is 23.9 Å². The number of hydrogen-bond acceptors (Lipinski definition) is 3. The lowest BCUT2D eigenvalue weighted by molar-refractivity contribution is -0.120. The number of hydrogen-bond donors (Lipinski definition) is 2. The topological polar surface area (TPSA) is 62.2 Å². The van der Waals surface area contributed by atoms with Gasteiger partial charge in [-0.2, -0.15) is 0 Å². The van der Waals surface area contributed by atoms with E-state index in [1.807, 2.05) is 0 Å². The molecule has 3 rings (SSSR count). The van der Waals surface area contributed by atoms with Gasteiger partial charge in [-0.25, -0.2) is 4.98 Å². The molecule has 4 nitrogen and oxygen atoms in total. The Labute approximate surface area is 112 Å². The Morgan fingerprint density at radius 2 is 2.21 bits per heavy atom. The van der Waals surface area contributed by atoms with Crippen LogP contribution in [0.4, 0.5) is 5.82 Å². The van der Waals surface area contributed by atoms with Gasteiger partial charge in [-0.15, -0.1) is 0 Å². The van der Waals surface area contributed by atoms with Crippen LogP contribution in [0.1, 0.15) is 24.8 Å². The van der Waals surface area contributed by atoms with Gasteiger partial charge in [0.2, 0.25) is 5.91 Å². The van der Waals surface area contributed by atoms with E-state index in [9.17, 15) is 4.79 Å². The van der Waals surface area contributed by atoms with Gasteiger partial charge in [-0.3, -0.25) is 4.79 Å². The Hall–Kier alpha value is -1.86. The molecule has 0 aliphatic heterocycles. The lowest BCUT2D eigenvalue weighted by Gasteiger charge is -2.11. The summed E-state index contributed by atoms with van der Waals surface area (Å²) < 4.78 is 0. The summed E-state index contributed by atoms with van der Waals surface area (Å²) in [6.45, 7) is -0.172. The average Bonchev–Trinajstić information content (AvgIpc) is 3.03. The summed E-state index contributed by atoms with van der Waals surface area (Å²) >= 11 is 0. The molecule has 2 N–H and O–H groups in total. The Kier molecular flexibility index (Phi) is 3.22. The summed E-state index contributed by atoms with van der Waals surface area (Å²) in [5.74, 6) is 7.73. The Balaban J connectivity index is 1.64. The van der Waals surface area contributed by atoms with E-state index in [0.717, 1.165) is 30.2 Å². The molecule has 0 bridgehead atoms. The summed E-state index contributed by atoms with van der Waals surface area (Å²) in [7, 11) is 0. The second kappa shape index (κ2) is 5.02. The van der Waals surface area contributed by atoms with E-state index in [1.165, 1.54) is 6.42 Å². The molecule has 1 amide bonds. The van der Waals surface area contributed by atoms with Crippen molar-refractivity contribution < 1.29 is 9.90 Å². The first-order valence-corrected chi connectivity index (χ1v) is 6.63. The van der Waals surface area contributed by atoms with Crippen molar-refractivity contribution in [2.45, 2.75) is 19.3 Å². The normalized spacial score (nSPS) is 27.1. The fraction of sp³-hybridized carbons (Fsp3) is 0.467. The van der Waals surface area contributed by atoms with E-state index < -0.39 is 0 Å². The van der Waals surface area contributed by atoms with Gasteiger partial charge < -0.3 is 10.4 Å². The number of aromatic nitrogens is 1. The Morgan fingerprint density at radius 1 is 1.42 bits per heavy atom. The average molecular weight is 256 g/mol. The minimum Gasteiger partial charge on any atom is -0.384 e. The van der Waals surface area contributed by atoms with E-state index >= 15 is 0 Å². The SMILES string of the molecule is O=C(Nc1cc(C#CCO)ccn1)C1CC2CC2C1. The molecule has 19 heavy (non-hydrogen) atoms. The maximum atomic E-state index is 12.1. The first-order valence-electron chi connectivity index (χ1n) is 6.63. The maximum absolute atomic E-state index is 12.1. The molecule has 2 aliphatic carbocycles. The summed E-state index contributed by atoms with van der Waals surface area (Å²) in [5.41, 5.74) is 0.744. The van der Waals surface area contributed by atoms with Crippen molar-refractivity contribution in [1.29, 1.82) is 0 Å². The lowest BCUT2D eigenvalue weighted by Crippen LogP contribution is -2.22. The number of nitrogens with one attached hydrogen (secondary N) is 1. The van der Waals surface area contributed by atoms with Crippen LogP contribution in [0, 0.1) is 29.6 Å². The number of carbonyl (C=O) groups excluding carboxylic acids is 1. The van der Waals surface area contributed by atoms with Crippen LogP contribution in [0.15, 0.2) is 18.3 Å². The minimum absolute atomic E-state index is 0.0759. The van der Waals surface area contributed by atoms with Crippen molar-refractivity contribution in [3.63, 3.8) is 0 Å². The molecule has 2 aliphatic rings. The van der Waals surface area contributed by atoms with Crippen LogP contribution < -0.4 is 5.32 Å². The van der Waals surface area contributed by atoms with Gasteiger partial charge in [0.1, 0.15) is 12.4 Å². The van der Waals surface area contributed by atoms with Crippen LogP contribution in [0.5, 0.6) is 0 Å². The summed E-state index contributed by atoms with van der Waals surface area (Å²) in [6, 6.07) is 3.49. The van der Waals surface area contributed by atoms with Gasteiger partial charge in [0.15, 0.2) is 0 Å². The lowest BCUT2D eigenvalue weighted by atomic mass is 10.0. The van der Waals surface area contributed by atoms with E-state index in [-0.39, 0.29) is 18.4 Å². The number of anilines is 1. The molecular weight excluding hydrogens is 240 g/mol. The highest BCUT2D eigenvalue weighted by Crippen LogP contribution is 2.54. The monoisotopic (exact) mass is 256 g/mol. The highest BCUT2D eigenvalue weighted by atomic mass is 16.2. The van der Waals surface area contributed by atoms with Gasteiger partial charge >= 0.3 is 0 Å². The standard InChI is InChI=1S/C15H16N2O2/c18-5-1-2-10-3-4-16-14(6-10)17-15(19)13-8-11-7-12(11)9-13/h3-4,6,11-13,18H,5,7-9H2,(H,16,17,19). The number of fused-ring (bicyclic) bond motifs is 1. The fourth-order valence-corrected chi connectivity index (χ4v) is 2.88. The van der Waals surface area contributed by atoms with Crippen molar-refractivity contribution in [2.75, 3.05) is 11.9 Å². The first-order chi connectivity index (χ1) is 9.26. The summed E-state index contributed by atoms with van der Waals surface area (Å²) in [6.07, 6.45) is 4.98. The number of aliphatic hydroxyl groups is 1. The molecule has 2 atom stereocenters. The van der Waals surface area contributed by atoms with E-state index in [4.69, 9.17) is 5.11 Å². The van der Waals surface area contributed by atoms with Crippen LogP contribution in [0.25, 0.3) is 0 Å². The molecule has 1 aromatic heterocycles. The van der Waals surface area contributed by atoms with Crippen LogP contribution >= 0.6 is 0 Å². The van der Waals surface area contributed by atoms with Crippen molar-refractivity contribution in [2.24, 2.45) is 17.8 Å². The molecule has 4 heteroatoms. The van der Waals surface area contributed by atoms with Crippen molar-refractivity contribution >= 4 is 11.7 Å². The zero-order valence-electron chi connectivity index (χ0n) is 10.6. The third-order valence-electron chi connectivity index (χ3n) is 3.94. The number of nitrogens with zero attached hydrogens (tertiary/aromatic N) is 1. The fourth-order valence-electron chi connectivity index (χ4n) is 2.88. The van der Waals surface area contributed by atoms with E-state index in [0.29, 0.717) is 5.82 Å². The second-order valence-electron chi connectivity index (χ2n) is 5.30. The molecule has 2 saturated carbocycles. The minimum atomic E-state index is -0.172. The zero-order valence-corrected chi connectivity index (χ0v) is 10.6. The van der Waals surface area contributed by atoms with Crippen LogP contribution in [-0.2, 0) is 4.79 Å². The quantitative estimate of drug-likeness (QED) is 0.786. The number of rotatable bonds is 2. The van der Waals surface area contributed by atoms with Crippen LogP contribution in [0.2, 0.25) is 0 Å². The molecule has 0 aromatic carbocycles. The molecule has 2 unspecified atom stereocenters. The Bertz CT molecular complexity index is 549. The molecule has 0 radical (unpaired) electrons. The van der Waals surface area contributed by atoms with E-state index in [2.05, 4.69) is 22.1 Å². The number of amides is 1. The molecule has 1 aromatic rings. The number of aliphatic hydroxyl groups excluding tert-OH is 1. The molecule has 1 heterocycles. The summed E-state index contributed by atoms with van der Waals surface area (Å²) in [4.78, 5) is 16.2. The third kappa shape index (κ3) is 2.77. The number of carbonyl (C=O) groups is 1. The predicted molar refractivity (Wildman–Crippen MR) is 71.2 cm³/mol. The first kappa shape index (κ1) is 12.2. The second-order valence-corrected chi connectivity index (χ2v) is 5.30. The van der Waals surface area contributed by atoms with Gasteiger partial charge in [-0.05, 0) is 43.2 Å². The van der Waals surface area contributed by atoms with Gasteiger partial charge in [0.25, 0.3) is 0 Å². The highest BCUT2D eigenvalue weighted by Gasteiger charge is 2.47. The zero-order chi connectivity index (χ0) is 13.2. The molecule has 0 saturated heterocycles. The molecule has 0 spiro atoms. The summed E-state index contributed by atoms with van der Waals surface area (Å²) in [5, 5.41) is 11.5. The van der Waals surface area contributed by atoms with Crippen LogP contribution in [0.3, 0.4) is 0 Å². The van der Waals surface area contributed by atoms with Crippen molar-refractivity contribution in [1.82, 2.24) is 4.98 Å². The highest BCUT2D eigenvalue weighted by molar-refractivity contribution is 5.92. The Morgan fingerprint density at radius 3 is 2.95 bits per heavy atom. The predicted octanol–water partition coefficient (Wildman–Crippen LogP) is 1.41. The van der Waals surface area contributed by atoms with Crippen molar-refractivity contribution in [3.8, 4) is 11.8 Å². The largest absolute Gasteiger partial charge is 0.384 e. The maximum Gasteiger partial charge on any atom is 0.228 e. The number of pyridine rings is 1.